The van der Waals surface area contributed by atoms with Crippen molar-refractivity contribution in [2.45, 2.75) is 28.7 Å². The number of rotatable bonds is 11. The zero-order chi connectivity index (χ0) is 25.7. The lowest BCUT2D eigenvalue weighted by atomic mass is 10.2. The third kappa shape index (κ3) is 6.22. The van der Waals surface area contributed by atoms with Crippen molar-refractivity contribution in [3.63, 3.8) is 0 Å². The smallest absolute Gasteiger partial charge is 0.175 e. The molecule has 190 valence electrons. The summed E-state index contributed by atoms with van der Waals surface area (Å²) in [4.78, 5) is 0.218. The molecule has 0 saturated heterocycles. The van der Waals surface area contributed by atoms with Crippen LogP contribution in [0.1, 0.15) is 5.56 Å². The van der Waals surface area contributed by atoms with Gasteiger partial charge in [0.1, 0.15) is 17.2 Å². The molecule has 9 heteroatoms. The second kappa shape index (κ2) is 11.4. The van der Waals surface area contributed by atoms with Crippen LogP contribution >= 0.6 is 11.8 Å². The van der Waals surface area contributed by atoms with Gasteiger partial charge in [-0.25, -0.2) is 8.42 Å². The maximum absolute atomic E-state index is 11.7. The normalized spacial score (nSPS) is 12.8. The van der Waals surface area contributed by atoms with Gasteiger partial charge in [0.25, 0.3) is 0 Å². The number of thioether (sulfide) groups is 1. The van der Waals surface area contributed by atoms with Gasteiger partial charge in [0.2, 0.25) is 0 Å². The number of sulfone groups is 1. The monoisotopic (exact) mass is 527 g/mol. The van der Waals surface area contributed by atoms with Crippen molar-refractivity contribution in [3.8, 4) is 17.2 Å². The van der Waals surface area contributed by atoms with Gasteiger partial charge in [-0.3, -0.25) is 0 Å². The van der Waals surface area contributed by atoms with E-state index in [1.807, 2.05) is 41.1 Å². The minimum absolute atomic E-state index is 0.0282. The fraction of sp³-hybridized carbons (Fsp3) is 0.259. The van der Waals surface area contributed by atoms with E-state index in [1.54, 1.807) is 44.2 Å². The van der Waals surface area contributed by atoms with Gasteiger partial charge in [-0.05, 0) is 42.0 Å². The summed E-state index contributed by atoms with van der Waals surface area (Å²) in [5.74, 6) is 1.81. The summed E-state index contributed by atoms with van der Waals surface area (Å²) in [6.45, 7) is 0.564. The topological polar surface area (TPSA) is 87.0 Å². The first-order chi connectivity index (χ1) is 17.3. The molecular formula is C27H29NO6S2. The van der Waals surface area contributed by atoms with Gasteiger partial charge in [0.15, 0.2) is 16.1 Å². The summed E-state index contributed by atoms with van der Waals surface area (Å²) < 4.78 is 42.4. The molecule has 0 spiro atoms. The number of benzene rings is 3. The first-order valence-corrected chi connectivity index (χ1v) is 14.2. The summed E-state index contributed by atoms with van der Waals surface area (Å²) in [7, 11) is -0.0304. The summed E-state index contributed by atoms with van der Waals surface area (Å²) in [6, 6.07) is 21.7. The standard InChI is InChI=1S/C27H29NO6S2/c1-32-27(33-2)25(35-18-19-7-5-4-6-8-19)17-28-14-13-20-15-22(16-24(29)26(20)28)34-21-9-11-23(12-10-21)36(3,30)31/h4-16,25,27,29H,17-18H2,1-3H3. The van der Waals surface area contributed by atoms with Crippen LogP contribution in [0.4, 0.5) is 0 Å². The van der Waals surface area contributed by atoms with Crippen LogP contribution in [-0.2, 0) is 31.6 Å². The van der Waals surface area contributed by atoms with E-state index in [-0.39, 0.29) is 15.9 Å². The Morgan fingerprint density at radius 2 is 1.64 bits per heavy atom. The summed E-state index contributed by atoms with van der Waals surface area (Å²) >= 11 is 1.73. The second-order valence-electron chi connectivity index (χ2n) is 8.37. The largest absolute Gasteiger partial charge is 0.506 e. The van der Waals surface area contributed by atoms with Crippen LogP contribution in [-0.4, -0.2) is 50.1 Å². The minimum atomic E-state index is -3.28. The summed E-state index contributed by atoms with van der Waals surface area (Å²) in [6.07, 6.45) is 2.66. The summed E-state index contributed by atoms with van der Waals surface area (Å²) in [5.41, 5.74) is 1.90. The number of aromatic hydroxyl groups is 1. The highest BCUT2D eigenvalue weighted by atomic mass is 32.2. The third-order valence-electron chi connectivity index (χ3n) is 5.75. The number of ether oxygens (including phenoxy) is 3. The highest BCUT2D eigenvalue weighted by Gasteiger charge is 2.23. The zero-order valence-corrected chi connectivity index (χ0v) is 22.0. The molecule has 1 aromatic heterocycles. The Bertz CT molecular complexity index is 1400. The van der Waals surface area contributed by atoms with Gasteiger partial charge < -0.3 is 23.9 Å². The van der Waals surface area contributed by atoms with E-state index in [0.29, 0.717) is 23.6 Å². The van der Waals surface area contributed by atoms with Crippen LogP contribution in [0.15, 0.2) is 83.9 Å². The Morgan fingerprint density at radius 1 is 0.944 bits per heavy atom. The Labute approximate surface area is 215 Å². The first-order valence-electron chi connectivity index (χ1n) is 11.3. The number of fused-ring (bicyclic) bond motifs is 1. The van der Waals surface area contributed by atoms with E-state index in [9.17, 15) is 13.5 Å². The highest BCUT2D eigenvalue weighted by Crippen LogP contribution is 2.35. The molecule has 4 aromatic rings. The van der Waals surface area contributed by atoms with Crippen LogP contribution in [0.2, 0.25) is 0 Å². The van der Waals surface area contributed by atoms with E-state index >= 15 is 0 Å². The molecule has 0 aliphatic heterocycles. The van der Waals surface area contributed by atoms with Crippen molar-refractivity contribution in [3.05, 3.63) is 84.6 Å². The predicted molar refractivity (Wildman–Crippen MR) is 143 cm³/mol. The van der Waals surface area contributed by atoms with E-state index in [2.05, 4.69) is 12.1 Å². The predicted octanol–water partition coefficient (Wildman–Crippen LogP) is 5.46. The van der Waals surface area contributed by atoms with Crippen molar-refractivity contribution < 1.29 is 27.7 Å². The van der Waals surface area contributed by atoms with Gasteiger partial charge >= 0.3 is 0 Å². The fourth-order valence-corrected chi connectivity index (χ4v) is 5.86. The summed E-state index contributed by atoms with van der Waals surface area (Å²) in [5, 5.41) is 11.7. The molecule has 0 bridgehead atoms. The quantitative estimate of drug-likeness (QED) is 0.259. The maximum atomic E-state index is 11.7. The molecule has 1 heterocycles. The Hall–Kier alpha value is -2.98. The molecule has 1 N–H and O–H groups in total. The average Bonchev–Trinajstić information content (AvgIpc) is 3.26. The van der Waals surface area contributed by atoms with Gasteiger partial charge in [-0.15, -0.1) is 11.8 Å². The molecular weight excluding hydrogens is 498 g/mol. The van der Waals surface area contributed by atoms with Crippen molar-refractivity contribution in [2.24, 2.45) is 0 Å². The Morgan fingerprint density at radius 3 is 2.28 bits per heavy atom. The van der Waals surface area contributed by atoms with Crippen molar-refractivity contribution >= 4 is 32.5 Å². The van der Waals surface area contributed by atoms with Crippen LogP contribution in [0.5, 0.6) is 17.2 Å². The Balaban J connectivity index is 1.54. The SMILES string of the molecule is COC(OC)C(Cn1ccc2cc(Oc3ccc(S(C)(=O)=O)cc3)cc(O)c21)SCc1ccccc1. The van der Waals surface area contributed by atoms with Crippen LogP contribution < -0.4 is 4.74 Å². The van der Waals surface area contributed by atoms with Crippen LogP contribution in [0.25, 0.3) is 10.9 Å². The van der Waals surface area contributed by atoms with Gasteiger partial charge in [0.05, 0.1) is 15.7 Å². The zero-order valence-electron chi connectivity index (χ0n) is 20.3. The second-order valence-corrected chi connectivity index (χ2v) is 11.6. The van der Waals surface area contributed by atoms with E-state index in [1.165, 1.54) is 17.7 Å². The number of hydrogen-bond acceptors (Lipinski definition) is 7. The lowest BCUT2D eigenvalue weighted by molar-refractivity contribution is -0.103. The van der Waals surface area contributed by atoms with Gasteiger partial charge in [-0.2, -0.15) is 0 Å². The average molecular weight is 528 g/mol. The molecule has 0 aliphatic carbocycles. The molecule has 1 atom stereocenters. The van der Waals surface area contributed by atoms with Gasteiger partial charge in [-0.1, -0.05) is 30.3 Å². The molecule has 1 unspecified atom stereocenters. The van der Waals surface area contributed by atoms with Crippen LogP contribution in [0, 0.1) is 0 Å². The number of phenolic OH excluding ortho intramolecular Hbond substituents is 1. The maximum Gasteiger partial charge on any atom is 0.175 e. The Kier molecular flexibility index (Phi) is 8.25. The van der Waals surface area contributed by atoms with Crippen molar-refractivity contribution in [1.29, 1.82) is 0 Å². The molecule has 4 rings (SSSR count). The van der Waals surface area contributed by atoms with E-state index in [0.717, 1.165) is 17.4 Å². The number of phenols is 1. The number of nitrogens with zero attached hydrogens (tertiary/aromatic N) is 1. The lowest BCUT2D eigenvalue weighted by Gasteiger charge is -2.25. The molecule has 0 radical (unpaired) electrons. The molecule has 0 aliphatic rings. The first kappa shape index (κ1) is 26.1. The lowest BCUT2D eigenvalue weighted by Crippen LogP contribution is -2.31. The molecule has 0 amide bonds. The molecule has 7 nitrogen and oxygen atoms in total. The minimum Gasteiger partial charge on any atom is -0.506 e. The molecule has 0 saturated carbocycles. The third-order valence-corrected chi connectivity index (χ3v) is 8.18. The van der Waals surface area contributed by atoms with E-state index in [4.69, 9.17) is 14.2 Å². The fourth-order valence-electron chi connectivity index (χ4n) is 3.99. The number of hydrogen-bond donors (Lipinski definition) is 1. The van der Waals surface area contributed by atoms with Gasteiger partial charge in [0, 0.05) is 50.4 Å². The van der Waals surface area contributed by atoms with Crippen LogP contribution in [0.3, 0.4) is 0 Å². The molecule has 36 heavy (non-hydrogen) atoms. The van der Waals surface area contributed by atoms with Crippen molar-refractivity contribution in [1.82, 2.24) is 4.57 Å². The number of aromatic nitrogens is 1. The molecule has 3 aromatic carbocycles. The highest BCUT2D eigenvalue weighted by molar-refractivity contribution is 7.99. The van der Waals surface area contributed by atoms with Crippen molar-refractivity contribution in [2.75, 3.05) is 20.5 Å². The molecule has 0 fully saturated rings. The van der Waals surface area contributed by atoms with E-state index < -0.39 is 16.1 Å². The number of methoxy groups -OCH3 is 2.